The Kier molecular flexibility index (Phi) is 17.5. The maximum Gasteiger partial charge on any atom is -0.0355 e. The fraction of sp³-hybridized carbons (Fsp3) is 1.00. The first kappa shape index (κ1) is 30.0. The van der Waals surface area contributed by atoms with Crippen molar-refractivity contribution in [2.75, 3.05) is 0 Å². The zero-order chi connectivity index (χ0) is 23.1. The van der Waals surface area contributed by atoms with Crippen LogP contribution >= 0.6 is 0 Å². The molecule has 0 heterocycles. The van der Waals surface area contributed by atoms with Crippen molar-refractivity contribution in [1.29, 1.82) is 0 Å². The van der Waals surface area contributed by atoms with Crippen LogP contribution in [0.4, 0.5) is 0 Å². The average molecular weight is 423 g/mol. The Balaban J connectivity index is 5.98. The number of hydrogen-bond donors (Lipinski definition) is 0. The maximum absolute atomic E-state index is 2.51. The fourth-order valence-electron chi connectivity index (χ4n) is 7.85. The van der Waals surface area contributed by atoms with Crippen LogP contribution in [0.3, 0.4) is 0 Å². The topological polar surface area (TPSA) is 0 Å². The molecule has 0 aromatic heterocycles. The Morgan fingerprint density at radius 1 is 0.300 bits per heavy atom. The molecule has 8 atom stereocenters. The molecule has 0 nitrogen and oxygen atoms in total. The van der Waals surface area contributed by atoms with Crippen LogP contribution in [0.15, 0.2) is 0 Å². The maximum atomic E-state index is 2.51. The molecule has 0 rings (SSSR count). The van der Waals surface area contributed by atoms with E-state index in [1.54, 1.807) is 0 Å². The lowest BCUT2D eigenvalue weighted by Crippen LogP contribution is -2.38. The van der Waals surface area contributed by atoms with Gasteiger partial charge >= 0.3 is 0 Å². The van der Waals surface area contributed by atoms with Gasteiger partial charge in [-0.2, -0.15) is 0 Å². The Bertz CT molecular complexity index is 336. The van der Waals surface area contributed by atoms with Gasteiger partial charge in [-0.1, -0.05) is 146 Å². The van der Waals surface area contributed by atoms with E-state index in [1.807, 2.05) is 0 Å². The third-order valence-corrected chi connectivity index (χ3v) is 9.16. The molecule has 0 aliphatic carbocycles. The molecule has 0 bridgehead atoms. The van der Waals surface area contributed by atoms with Gasteiger partial charge in [-0.25, -0.2) is 0 Å². The van der Waals surface area contributed by atoms with Crippen LogP contribution < -0.4 is 0 Å². The highest BCUT2D eigenvalue weighted by Crippen LogP contribution is 2.47. The molecule has 182 valence electrons. The van der Waals surface area contributed by atoms with Crippen molar-refractivity contribution in [2.45, 2.75) is 146 Å². The van der Waals surface area contributed by atoms with E-state index in [0.29, 0.717) is 0 Å². The molecule has 8 unspecified atom stereocenters. The van der Waals surface area contributed by atoms with Gasteiger partial charge in [0.1, 0.15) is 0 Å². The second kappa shape index (κ2) is 17.5. The standard InChI is InChI=1S/C30H62/c1-11-21-23(13-3)25(15-5)27(17-7)29(19-9)30(20-10)28(18-8)26(16-6)24(14-4)22-12-2/h23-30H,11-22H2,1-10H3. The summed E-state index contributed by atoms with van der Waals surface area (Å²) in [5.74, 6) is 7.37. The van der Waals surface area contributed by atoms with Crippen molar-refractivity contribution in [3.63, 3.8) is 0 Å². The van der Waals surface area contributed by atoms with Crippen LogP contribution in [0.1, 0.15) is 146 Å². The summed E-state index contributed by atoms with van der Waals surface area (Å²) < 4.78 is 0. The van der Waals surface area contributed by atoms with Gasteiger partial charge in [0.25, 0.3) is 0 Å². The molecule has 0 aromatic carbocycles. The van der Waals surface area contributed by atoms with Crippen molar-refractivity contribution in [1.82, 2.24) is 0 Å². The lowest BCUT2D eigenvalue weighted by Gasteiger charge is -2.46. The number of hydrogen-bond acceptors (Lipinski definition) is 0. The van der Waals surface area contributed by atoms with Crippen molar-refractivity contribution < 1.29 is 0 Å². The van der Waals surface area contributed by atoms with Crippen molar-refractivity contribution >= 4 is 0 Å². The SMILES string of the molecule is CCCC(CC)C(CC)C(CC)C(CC)C(CC)C(CC)C(CC)C(CC)CCC. The van der Waals surface area contributed by atoms with Crippen LogP contribution in [-0.4, -0.2) is 0 Å². The molecule has 0 radical (unpaired) electrons. The summed E-state index contributed by atoms with van der Waals surface area (Å²) in [6, 6.07) is 0. The molecule has 0 N–H and O–H groups in total. The minimum absolute atomic E-state index is 0.911. The molecule has 0 aliphatic rings. The summed E-state index contributed by atoms with van der Waals surface area (Å²) in [7, 11) is 0. The summed E-state index contributed by atoms with van der Waals surface area (Å²) >= 11 is 0. The van der Waals surface area contributed by atoms with Gasteiger partial charge in [0.05, 0.1) is 0 Å². The third kappa shape index (κ3) is 8.16. The molecule has 30 heavy (non-hydrogen) atoms. The smallest absolute Gasteiger partial charge is 0.0355 e. The molecule has 0 fully saturated rings. The van der Waals surface area contributed by atoms with Crippen LogP contribution in [0, 0.1) is 47.3 Å². The van der Waals surface area contributed by atoms with E-state index in [1.165, 1.54) is 77.0 Å². The molecule has 0 aliphatic heterocycles. The number of rotatable bonds is 19. The van der Waals surface area contributed by atoms with E-state index < -0.39 is 0 Å². The van der Waals surface area contributed by atoms with Crippen molar-refractivity contribution in [3.8, 4) is 0 Å². The lowest BCUT2D eigenvalue weighted by molar-refractivity contribution is 0.0334. The van der Waals surface area contributed by atoms with E-state index in [0.717, 1.165) is 47.3 Å². The largest absolute Gasteiger partial charge is 0.0654 e. The first-order chi connectivity index (χ1) is 14.5. The molecule has 0 saturated heterocycles. The zero-order valence-electron chi connectivity index (χ0n) is 23.1. The van der Waals surface area contributed by atoms with E-state index in [-0.39, 0.29) is 0 Å². The predicted octanol–water partition coefficient (Wildman–Crippen LogP) is 10.8. The molecular formula is C30H62. The molecule has 0 amide bonds. The van der Waals surface area contributed by atoms with Gasteiger partial charge in [0, 0.05) is 0 Å². The van der Waals surface area contributed by atoms with Crippen molar-refractivity contribution in [3.05, 3.63) is 0 Å². The minimum atomic E-state index is 0.911. The molecule has 0 aromatic rings. The Morgan fingerprint density at radius 2 is 0.533 bits per heavy atom. The lowest BCUT2D eigenvalue weighted by atomic mass is 9.59. The monoisotopic (exact) mass is 422 g/mol. The normalized spacial score (nSPS) is 20.2. The van der Waals surface area contributed by atoms with Crippen LogP contribution in [0.25, 0.3) is 0 Å². The van der Waals surface area contributed by atoms with Gasteiger partial charge in [-0.05, 0) is 47.3 Å². The highest BCUT2D eigenvalue weighted by Gasteiger charge is 2.39. The van der Waals surface area contributed by atoms with Gasteiger partial charge in [-0.15, -0.1) is 0 Å². The summed E-state index contributed by atoms with van der Waals surface area (Å²) in [5, 5.41) is 0. The Labute approximate surface area is 193 Å². The first-order valence-corrected chi connectivity index (χ1v) is 14.5. The second-order valence-electron chi connectivity index (χ2n) is 10.3. The zero-order valence-corrected chi connectivity index (χ0v) is 23.1. The van der Waals surface area contributed by atoms with Crippen LogP contribution in [0.5, 0.6) is 0 Å². The van der Waals surface area contributed by atoms with Gasteiger partial charge < -0.3 is 0 Å². The van der Waals surface area contributed by atoms with Gasteiger partial charge in [0.15, 0.2) is 0 Å². The highest BCUT2D eigenvalue weighted by atomic mass is 14.4. The van der Waals surface area contributed by atoms with Gasteiger partial charge in [-0.3, -0.25) is 0 Å². The summed E-state index contributed by atoms with van der Waals surface area (Å²) in [5.41, 5.74) is 0. The van der Waals surface area contributed by atoms with E-state index in [2.05, 4.69) is 69.2 Å². The first-order valence-electron chi connectivity index (χ1n) is 14.5. The Morgan fingerprint density at radius 3 is 0.700 bits per heavy atom. The molecule has 0 spiro atoms. The Hall–Kier alpha value is 0. The average Bonchev–Trinajstić information content (AvgIpc) is 2.77. The minimum Gasteiger partial charge on any atom is -0.0654 e. The third-order valence-electron chi connectivity index (χ3n) is 9.16. The highest BCUT2D eigenvalue weighted by molar-refractivity contribution is 4.89. The van der Waals surface area contributed by atoms with E-state index >= 15 is 0 Å². The summed E-state index contributed by atoms with van der Waals surface area (Å²) in [6.45, 7) is 24.7. The van der Waals surface area contributed by atoms with Crippen molar-refractivity contribution in [2.24, 2.45) is 47.3 Å². The predicted molar refractivity (Wildman–Crippen MR) is 140 cm³/mol. The molecular weight excluding hydrogens is 360 g/mol. The van der Waals surface area contributed by atoms with Crippen LogP contribution in [0.2, 0.25) is 0 Å². The molecule has 0 heteroatoms. The van der Waals surface area contributed by atoms with E-state index in [9.17, 15) is 0 Å². The second-order valence-corrected chi connectivity index (χ2v) is 10.3. The summed E-state index contributed by atoms with van der Waals surface area (Å²) in [6.07, 6.45) is 16.6. The molecule has 0 saturated carbocycles. The van der Waals surface area contributed by atoms with E-state index in [4.69, 9.17) is 0 Å². The fourth-order valence-corrected chi connectivity index (χ4v) is 7.85. The summed E-state index contributed by atoms with van der Waals surface area (Å²) in [4.78, 5) is 0. The quantitative estimate of drug-likeness (QED) is 0.194. The van der Waals surface area contributed by atoms with Crippen LogP contribution in [-0.2, 0) is 0 Å². The van der Waals surface area contributed by atoms with Gasteiger partial charge in [0.2, 0.25) is 0 Å².